The number of nitrogens with zero attached hydrogens (tertiary/aromatic N) is 4. The van der Waals surface area contributed by atoms with Gasteiger partial charge in [-0.15, -0.1) is 10.2 Å². The molecule has 5 rings (SSSR count). The molecule has 0 aliphatic carbocycles. The molecular formula is C19H19N5O3S. The highest BCUT2D eigenvalue weighted by atomic mass is 32.2. The number of hydrogen-bond donors (Lipinski definition) is 1. The number of carbonyl (C=O) groups excluding carboxylic acids is 1. The molecule has 1 unspecified atom stereocenters. The summed E-state index contributed by atoms with van der Waals surface area (Å²) in [7, 11) is -3.78. The fourth-order valence-corrected chi connectivity index (χ4v) is 5.41. The summed E-state index contributed by atoms with van der Waals surface area (Å²) >= 11 is 0. The monoisotopic (exact) mass is 397 g/mol. The van der Waals surface area contributed by atoms with Crippen molar-refractivity contribution in [2.24, 2.45) is 0 Å². The minimum Gasteiger partial charge on any atom is -0.312 e. The van der Waals surface area contributed by atoms with E-state index in [1.165, 1.54) is 0 Å². The van der Waals surface area contributed by atoms with Gasteiger partial charge in [0, 0.05) is 12.7 Å². The number of nitrogens with one attached hydrogen (secondary N) is 1. The first-order valence-electron chi connectivity index (χ1n) is 9.22. The fourth-order valence-electron chi connectivity index (χ4n) is 4.11. The summed E-state index contributed by atoms with van der Waals surface area (Å²) in [5.41, 5.74) is 3.29. The zero-order chi connectivity index (χ0) is 19.5. The van der Waals surface area contributed by atoms with Crippen LogP contribution < -0.4 is 9.62 Å². The van der Waals surface area contributed by atoms with Gasteiger partial charge in [0.1, 0.15) is 0 Å². The molecule has 0 saturated heterocycles. The Balaban J connectivity index is 1.50. The molecule has 1 N–H and O–H groups in total. The summed E-state index contributed by atoms with van der Waals surface area (Å²) in [4.78, 5) is 14.2. The number of aromatic nitrogens is 3. The van der Waals surface area contributed by atoms with Gasteiger partial charge in [-0.1, -0.05) is 6.07 Å². The van der Waals surface area contributed by atoms with E-state index in [2.05, 4.69) is 14.9 Å². The number of aryl methyl sites for hydroxylation is 1. The first-order chi connectivity index (χ1) is 13.4. The molecule has 1 amide bonds. The Morgan fingerprint density at radius 3 is 2.86 bits per heavy atom. The van der Waals surface area contributed by atoms with E-state index in [0.29, 0.717) is 18.0 Å². The first-order valence-corrected chi connectivity index (χ1v) is 10.7. The lowest BCUT2D eigenvalue weighted by Crippen LogP contribution is -2.31. The van der Waals surface area contributed by atoms with Gasteiger partial charge in [0.05, 0.1) is 23.0 Å². The van der Waals surface area contributed by atoms with E-state index in [-0.39, 0.29) is 17.2 Å². The Kier molecular flexibility index (Phi) is 3.78. The standard InChI is InChI=1S/C19H19N5O3S/c1-12(19-21-20-16-6-2-3-7-23(16)19)22-28(26,27)15-9-13-5-4-8-24-17(25)11-14(10-15)18(13)24/h2-3,6-7,9-10,12,22H,4-5,8,11H2,1H3. The third-order valence-corrected chi connectivity index (χ3v) is 6.87. The molecule has 144 valence electrons. The van der Waals surface area contributed by atoms with Crippen LogP contribution in [-0.4, -0.2) is 35.5 Å². The van der Waals surface area contributed by atoms with E-state index in [9.17, 15) is 13.2 Å². The second-order valence-electron chi connectivity index (χ2n) is 7.25. The van der Waals surface area contributed by atoms with Gasteiger partial charge in [-0.25, -0.2) is 13.1 Å². The van der Waals surface area contributed by atoms with Crippen molar-refractivity contribution in [3.8, 4) is 0 Å². The maximum atomic E-state index is 13.1. The van der Waals surface area contributed by atoms with Gasteiger partial charge in [0.2, 0.25) is 15.9 Å². The number of carbonyl (C=O) groups is 1. The van der Waals surface area contributed by atoms with E-state index < -0.39 is 16.1 Å². The van der Waals surface area contributed by atoms with Crippen molar-refractivity contribution in [1.29, 1.82) is 0 Å². The number of sulfonamides is 1. The van der Waals surface area contributed by atoms with Gasteiger partial charge in [0.15, 0.2) is 11.5 Å². The molecule has 1 aromatic carbocycles. The van der Waals surface area contributed by atoms with Gasteiger partial charge in [0.25, 0.3) is 0 Å². The smallest absolute Gasteiger partial charge is 0.241 e. The van der Waals surface area contributed by atoms with Crippen molar-refractivity contribution in [2.75, 3.05) is 11.4 Å². The molecule has 2 aliphatic rings. The van der Waals surface area contributed by atoms with Crippen LogP contribution in [0.4, 0.5) is 5.69 Å². The van der Waals surface area contributed by atoms with Gasteiger partial charge >= 0.3 is 0 Å². The topological polar surface area (TPSA) is 96.7 Å². The van der Waals surface area contributed by atoms with Crippen LogP contribution in [0.25, 0.3) is 5.65 Å². The maximum absolute atomic E-state index is 13.1. The Bertz CT molecular complexity index is 1220. The Morgan fingerprint density at radius 2 is 2.00 bits per heavy atom. The largest absolute Gasteiger partial charge is 0.312 e. The Labute approximate surface area is 162 Å². The summed E-state index contributed by atoms with van der Waals surface area (Å²) in [6.45, 7) is 2.45. The van der Waals surface area contributed by atoms with Crippen LogP contribution in [0.2, 0.25) is 0 Å². The van der Waals surface area contributed by atoms with Crippen LogP contribution in [0.1, 0.15) is 36.3 Å². The first kappa shape index (κ1) is 17.3. The van der Waals surface area contributed by atoms with Crippen molar-refractivity contribution < 1.29 is 13.2 Å². The van der Waals surface area contributed by atoms with Crippen molar-refractivity contribution >= 4 is 27.3 Å². The molecule has 28 heavy (non-hydrogen) atoms. The average molecular weight is 397 g/mol. The predicted molar refractivity (Wildman–Crippen MR) is 103 cm³/mol. The lowest BCUT2D eigenvalue weighted by Gasteiger charge is -2.26. The van der Waals surface area contributed by atoms with E-state index in [1.807, 2.05) is 18.2 Å². The minimum atomic E-state index is -3.78. The average Bonchev–Trinajstić information content (AvgIpc) is 3.24. The number of benzene rings is 1. The Hall–Kier alpha value is -2.78. The highest BCUT2D eigenvalue weighted by Crippen LogP contribution is 2.38. The van der Waals surface area contributed by atoms with Crippen molar-refractivity contribution in [3.63, 3.8) is 0 Å². The highest BCUT2D eigenvalue weighted by Gasteiger charge is 2.34. The number of rotatable bonds is 4. The molecule has 0 spiro atoms. The van der Waals surface area contributed by atoms with Crippen LogP contribution in [-0.2, 0) is 27.7 Å². The zero-order valence-corrected chi connectivity index (χ0v) is 16.1. The quantitative estimate of drug-likeness (QED) is 0.721. The molecule has 2 aliphatic heterocycles. The van der Waals surface area contributed by atoms with Crippen LogP contribution in [0.5, 0.6) is 0 Å². The molecule has 0 bridgehead atoms. The third kappa shape index (κ3) is 2.61. The lowest BCUT2D eigenvalue weighted by atomic mass is 10.0. The molecule has 0 fully saturated rings. The van der Waals surface area contributed by atoms with Gasteiger partial charge < -0.3 is 4.90 Å². The summed E-state index contributed by atoms with van der Waals surface area (Å²) in [5, 5.41) is 8.20. The molecule has 1 atom stereocenters. The van der Waals surface area contributed by atoms with Crippen LogP contribution in [0.15, 0.2) is 41.4 Å². The second kappa shape index (κ2) is 6.11. The maximum Gasteiger partial charge on any atom is 0.241 e. The summed E-state index contributed by atoms with van der Waals surface area (Å²) in [6.07, 6.45) is 3.68. The predicted octanol–water partition coefficient (Wildman–Crippen LogP) is 1.60. The van der Waals surface area contributed by atoms with Crippen molar-refractivity contribution in [1.82, 2.24) is 19.3 Å². The van der Waals surface area contributed by atoms with Crippen molar-refractivity contribution in [2.45, 2.75) is 37.1 Å². The molecule has 8 nitrogen and oxygen atoms in total. The van der Waals surface area contributed by atoms with Gasteiger partial charge in [-0.05, 0) is 55.2 Å². The minimum absolute atomic E-state index is 0.0433. The molecule has 9 heteroatoms. The van der Waals surface area contributed by atoms with Crippen molar-refractivity contribution in [3.05, 3.63) is 53.5 Å². The van der Waals surface area contributed by atoms with E-state index in [1.54, 1.807) is 34.6 Å². The number of hydrogen-bond acceptors (Lipinski definition) is 5. The van der Waals surface area contributed by atoms with Crippen LogP contribution >= 0.6 is 0 Å². The van der Waals surface area contributed by atoms with E-state index in [4.69, 9.17) is 0 Å². The fraction of sp³-hybridized carbons (Fsp3) is 0.316. The van der Waals surface area contributed by atoms with E-state index in [0.717, 1.165) is 29.7 Å². The SMILES string of the molecule is CC(NS(=O)(=O)c1cc2c3c(c1)CC(=O)N3CCC2)c1nnc2ccccn12. The summed E-state index contributed by atoms with van der Waals surface area (Å²) < 4.78 is 30.6. The molecule has 2 aromatic heterocycles. The third-order valence-electron chi connectivity index (χ3n) is 5.35. The Morgan fingerprint density at radius 1 is 1.18 bits per heavy atom. The van der Waals surface area contributed by atoms with Gasteiger partial charge in [-0.3, -0.25) is 9.20 Å². The zero-order valence-electron chi connectivity index (χ0n) is 15.3. The lowest BCUT2D eigenvalue weighted by molar-refractivity contribution is -0.117. The van der Waals surface area contributed by atoms with E-state index >= 15 is 0 Å². The number of anilines is 1. The summed E-state index contributed by atoms with van der Waals surface area (Å²) in [5.74, 6) is 0.560. The van der Waals surface area contributed by atoms with Crippen LogP contribution in [0.3, 0.4) is 0 Å². The molecular weight excluding hydrogens is 378 g/mol. The molecule has 0 radical (unpaired) electrons. The number of fused-ring (bicyclic) bond motifs is 1. The molecule has 4 heterocycles. The highest BCUT2D eigenvalue weighted by molar-refractivity contribution is 7.89. The van der Waals surface area contributed by atoms with Gasteiger partial charge in [-0.2, -0.15) is 0 Å². The normalized spacial score (nSPS) is 17.2. The summed E-state index contributed by atoms with van der Waals surface area (Å²) in [6, 6.07) is 8.26. The number of amides is 1. The molecule has 3 aromatic rings. The second-order valence-corrected chi connectivity index (χ2v) is 8.96. The van der Waals surface area contributed by atoms with Crippen LogP contribution in [0, 0.1) is 0 Å². The molecule has 0 saturated carbocycles. The number of pyridine rings is 1.